The van der Waals surface area contributed by atoms with Crippen molar-refractivity contribution < 1.29 is 14.0 Å². The molecule has 138 valence electrons. The minimum atomic E-state index is -0.431. The molecule has 1 saturated heterocycles. The molecule has 3 amide bonds. The number of carbonyl (C=O) groups excluding carboxylic acids is 2. The lowest BCUT2D eigenvalue weighted by Gasteiger charge is -2.21. The number of hydrogen-bond donors (Lipinski definition) is 2. The number of imide groups is 1. The summed E-state index contributed by atoms with van der Waals surface area (Å²) in [7, 11) is 0. The van der Waals surface area contributed by atoms with Gasteiger partial charge in [0.2, 0.25) is 5.91 Å². The van der Waals surface area contributed by atoms with Crippen LogP contribution in [-0.2, 0) is 11.3 Å². The number of hydrogen-bond acceptors (Lipinski definition) is 4. The van der Waals surface area contributed by atoms with Gasteiger partial charge in [0.15, 0.2) is 0 Å². The molecule has 0 aliphatic carbocycles. The Hall–Kier alpha value is -1.99. The fraction of sp³-hybridized carbons (Fsp3) is 0.556. The summed E-state index contributed by atoms with van der Waals surface area (Å²) < 4.78 is 13.0. The number of benzene rings is 1. The third kappa shape index (κ3) is 7.19. The summed E-state index contributed by atoms with van der Waals surface area (Å²) in [5.41, 5.74) is 1.08. The molecule has 2 rings (SSSR count). The molecular formula is C18H27FN4O2. The predicted molar refractivity (Wildman–Crippen MR) is 94.6 cm³/mol. The maximum Gasteiger partial charge on any atom is 0.321 e. The Bertz CT molecular complexity index is 565. The quantitative estimate of drug-likeness (QED) is 0.817. The second kappa shape index (κ2) is 10.1. The standard InChI is InChI=1S/C18H27FN4O2/c1-2-8-20-18(25)21-17(24)14-23-10-3-9-22(11-12-23)13-15-4-6-16(19)7-5-15/h4-7H,2-3,8-14H2,1H3,(H2,20,21,24,25). The molecule has 1 aromatic rings. The van der Waals surface area contributed by atoms with E-state index in [1.54, 1.807) is 12.1 Å². The normalized spacial score (nSPS) is 16.2. The van der Waals surface area contributed by atoms with Crippen LogP contribution in [0.2, 0.25) is 0 Å². The van der Waals surface area contributed by atoms with Gasteiger partial charge in [0.05, 0.1) is 6.54 Å². The Morgan fingerprint density at radius 3 is 2.48 bits per heavy atom. The highest BCUT2D eigenvalue weighted by atomic mass is 19.1. The van der Waals surface area contributed by atoms with Gasteiger partial charge in [-0.1, -0.05) is 19.1 Å². The van der Waals surface area contributed by atoms with Crippen LogP contribution < -0.4 is 10.6 Å². The van der Waals surface area contributed by atoms with E-state index < -0.39 is 6.03 Å². The Morgan fingerprint density at radius 2 is 1.76 bits per heavy atom. The first kappa shape index (κ1) is 19.3. The number of nitrogens with one attached hydrogen (secondary N) is 2. The zero-order chi connectivity index (χ0) is 18.1. The van der Waals surface area contributed by atoms with Crippen molar-refractivity contribution in [2.75, 3.05) is 39.3 Å². The Morgan fingerprint density at radius 1 is 1.08 bits per heavy atom. The zero-order valence-electron chi connectivity index (χ0n) is 14.8. The maximum absolute atomic E-state index is 13.0. The molecule has 0 bridgehead atoms. The Labute approximate surface area is 148 Å². The molecule has 0 radical (unpaired) electrons. The summed E-state index contributed by atoms with van der Waals surface area (Å²) in [4.78, 5) is 27.8. The van der Waals surface area contributed by atoms with E-state index in [0.29, 0.717) is 6.54 Å². The number of rotatable bonds is 6. The van der Waals surface area contributed by atoms with Crippen LogP contribution in [0.25, 0.3) is 0 Å². The molecule has 25 heavy (non-hydrogen) atoms. The number of nitrogens with zero attached hydrogens (tertiary/aromatic N) is 2. The molecule has 0 saturated carbocycles. The molecule has 1 fully saturated rings. The topological polar surface area (TPSA) is 64.7 Å². The summed E-state index contributed by atoms with van der Waals surface area (Å²) in [5.74, 6) is -0.500. The van der Waals surface area contributed by atoms with Crippen molar-refractivity contribution in [3.8, 4) is 0 Å². The zero-order valence-corrected chi connectivity index (χ0v) is 14.8. The third-order valence-corrected chi connectivity index (χ3v) is 4.16. The van der Waals surface area contributed by atoms with Crippen molar-refractivity contribution in [2.24, 2.45) is 0 Å². The van der Waals surface area contributed by atoms with Crippen molar-refractivity contribution in [2.45, 2.75) is 26.3 Å². The van der Waals surface area contributed by atoms with E-state index in [-0.39, 0.29) is 18.3 Å². The summed E-state index contributed by atoms with van der Waals surface area (Å²) >= 11 is 0. The van der Waals surface area contributed by atoms with E-state index in [4.69, 9.17) is 0 Å². The molecule has 7 heteroatoms. The van der Waals surface area contributed by atoms with Crippen LogP contribution in [-0.4, -0.2) is 61.0 Å². The van der Waals surface area contributed by atoms with Crippen molar-refractivity contribution in [1.29, 1.82) is 0 Å². The average molecular weight is 350 g/mol. The smallest absolute Gasteiger partial charge is 0.321 e. The van der Waals surface area contributed by atoms with Gasteiger partial charge in [-0.3, -0.25) is 19.9 Å². The summed E-state index contributed by atoms with van der Waals surface area (Å²) in [6.07, 6.45) is 1.79. The van der Waals surface area contributed by atoms with Crippen LogP contribution in [0.15, 0.2) is 24.3 Å². The molecule has 0 aromatic heterocycles. The number of urea groups is 1. The molecule has 6 nitrogen and oxygen atoms in total. The van der Waals surface area contributed by atoms with Gasteiger partial charge in [-0.15, -0.1) is 0 Å². The molecule has 0 unspecified atom stereocenters. The lowest BCUT2D eigenvalue weighted by molar-refractivity contribution is -0.121. The predicted octanol–water partition coefficient (Wildman–Crippen LogP) is 1.57. The molecular weight excluding hydrogens is 323 g/mol. The van der Waals surface area contributed by atoms with Gasteiger partial charge >= 0.3 is 6.03 Å². The van der Waals surface area contributed by atoms with E-state index in [1.807, 2.05) is 6.92 Å². The first-order valence-electron chi connectivity index (χ1n) is 8.83. The number of amides is 3. The molecule has 2 N–H and O–H groups in total. The number of halogens is 1. The molecule has 0 atom stereocenters. The van der Waals surface area contributed by atoms with Crippen molar-refractivity contribution in [1.82, 2.24) is 20.4 Å². The fourth-order valence-electron chi connectivity index (χ4n) is 2.84. The van der Waals surface area contributed by atoms with E-state index in [2.05, 4.69) is 20.4 Å². The van der Waals surface area contributed by atoms with Gasteiger partial charge in [-0.05, 0) is 43.6 Å². The van der Waals surface area contributed by atoms with Gasteiger partial charge < -0.3 is 5.32 Å². The Kier molecular flexibility index (Phi) is 7.81. The highest BCUT2D eigenvalue weighted by molar-refractivity contribution is 5.95. The first-order valence-corrected chi connectivity index (χ1v) is 8.83. The van der Waals surface area contributed by atoms with Gasteiger partial charge in [0.1, 0.15) is 5.82 Å². The second-order valence-corrected chi connectivity index (χ2v) is 6.34. The van der Waals surface area contributed by atoms with E-state index in [0.717, 1.165) is 51.1 Å². The monoisotopic (exact) mass is 350 g/mol. The molecule has 0 spiro atoms. The minimum absolute atomic E-state index is 0.222. The van der Waals surface area contributed by atoms with Crippen LogP contribution >= 0.6 is 0 Å². The number of carbonyl (C=O) groups is 2. The SMILES string of the molecule is CCCNC(=O)NC(=O)CN1CCCN(Cc2ccc(F)cc2)CC1. The summed E-state index contributed by atoms with van der Waals surface area (Å²) in [6, 6.07) is 6.14. The Balaban J connectivity index is 1.74. The average Bonchev–Trinajstić information content (AvgIpc) is 2.80. The van der Waals surface area contributed by atoms with Gasteiger partial charge in [0, 0.05) is 26.2 Å². The fourth-order valence-corrected chi connectivity index (χ4v) is 2.84. The van der Waals surface area contributed by atoms with Crippen LogP contribution in [0.4, 0.5) is 9.18 Å². The van der Waals surface area contributed by atoms with Gasteiger partial charge in [0.25, 0.3) is 0 Å². The largest absolute Gasteiger partial charge is 0.338 e. The van der Waals surface area contributed by atoms with Crippen molar-refractivity contribution in [3.05, 3.63) is 35.6 Å². The lowest BCUT2D eigenvalue weighted by Crippen LogP contribution is -2.45. The molecule has 1 aromatic carbocycles. The second-order valence-electron chi connectivity index (χ2n) is 6.34. The van der Waals surface area contributed by atoms with Crippen LogP contribution in [0.5, 0.6) is 0 Å². The molecule has 1 heterocycles. The van der Waals surface area contributed by atoms with Crippen molar-refractivity contribution in [3.63, 3.8) is 0 Å². The summed E-state index contributed by atoms with van der Waals surface area (Å²) in [5, 5.41) is 4.99. The van der Waals surface area contributed by atoms with Gasteiger partial charge in [-0.25, -0.2) is 9.18 Å². The third-order valence-electron chi connectivity index (χ3n) is 4.16. The van der Waals surface area contributed by atoms with Gasteiger partial charge in [-0.2, -0.15) is 0 Å². The highest BCUT2D eigenvalue weighted by Gasteiger charge is 2.18. The van der Waals surface area contributed by atoms with E-state index >= 15 is 0 Å². The van der Waals surface area contributed by atoms with E-state index in [9.17, 15) is 14.0 Å². The first-order chi connectivity index (χ1) is 12.1. The van der Waals surface area contributed by atoms with Crippen molar-refractivity contribution >= 4 is 11.9 Å². The van der Waals surface area contributed by atoms with Crippen LogP contribution in [0, 0.1) is 5.82 Å². The van der Waals surface area contributed by atoms with Crippen LogP contribution in [0.3, 0.4) is 0 Å². The van der Waals surface area contributed by atoms with E-state index in [1.165, 1.54) is 12.1 Å². The summed E-state index contributed by atoms with van der Waals surface area (Å²) in [6.45, 7) is 6.89. The minimum Gasteiger partial charge on any atom is -0.338 e. The lowest BCUT2D eigenvalue weighted by atomic mass is 10.2. The maximum atomic E-state index is 13.0. The molecule has 1 aliphatic rings. The van der Waals surface area contributed by atoms with Crippen LogP contribution in [0.1, 0.15) is 25.3 Å². The highest BCUT2D eigenvalue weighted by Crippen LogP contribution is 2.10. The molecule has 1 aliphatic heterocycles.